The van der Waals surface area contributed by atoms with Crippen LogP contribution in [0.2, 0.25) is 5.15 Å². The number of imide groups is 1. The molecule has 36 heavy (non-hydrogen) atoms. The molecule has 2 saturated heterocycles. The molecule has 180 valence electrons. The molecule has 1 aromatic heterocycles. The van der Waals surface area contributed by atoms with E-state index in [-0.39, 0.29) is 15.7 Å². The average molecular weight is 522 g/mol. The first-order valence-electron chi connectivity index (χ1n) is 11.1. The summed E-state index contributed by atoms with van der Waals surface area (Å²) in [5.74, 6) is -2.53. The third kappa shape index (κ3) is 3.47. The van der Waals surface area contributed by atoms with Crippen molar-refractivity contribution < 1.29 is 18.8 Å². The molecule has 6 rings (SSSR count). The highest BCUT2D eigenvalue weighted by atomic mass is 35.5. The van der Waals surface area contributed by atoms with Crippen LogP contribution in [-0.4, -0.2) is 22.5 Å². The molecular formula is C26H17ClFN3O4S. The van der Waals surface area contributed by atoms with Crippen LogP contribution in [-0.2, 0) is 14.4 Å². The van der Waals surface area contributed by atoms with Gasteiger partial charge in [-0.2, -0.15) is 0 Å². The molecular weight excluding hydrogens is 505 g/mol. The lowest BCUT2D eigenvalue weighted by Gasteiger charge is -2.28. The number of amides is 2. The highest BCUT2D eigenvalue weighted by Gasteiger charge is 2.61. The van der Waals surface area contributed by atoms with Gasteiger partial charge < -0.3 is 0 Å². The molecule has 7 nitrogen and oxygen atoms in total. The first kappa shape index (κ1) is 22.7. The van der Waals surface area contributed by atoms with Gasteiger partial charge in [-0.15, -0.1) is 0 Å². The van der Waals surface area contributed by atoms with Gasteiger partial charge in [0.1, 0.15) is 22.9 Å². The Bertz CT molecular complexity index is 1520. The quantitative estimate of drug-likeness (QED) is 0.363. The molecule has 0 radical (unpaired) electrons. The maximum Gasteiger partial charge on any atom is 0.313 e. The van der Waals surface area contributed by atoms with Crippen LogP contribution >= 0.6 is 22.9 Å². The number of aromatic nitrogens is 1. The van der Waals surface area contributed by atoms with Crippen molar-refractivity contribution in [1.29, 1.82) is 0 Å². The van der Waals surface area contributed by atoms with Gasteiger partial charge in [-0.1, -0.05) is 59.3 Å². The number of hydroxylamine groups is 1. The molecule has 3 aromatic carbocycles. The normalized spacial score (nSPS) is 21.3. The van der Waals surface area contributed by atoms with Crippen LogP contribution in [0.5, 0.6) is 0 Å². The maximum absolute atomic E-state index is 13.7. The van der Waals surface area contributed by atoms with E-state index in [4.69, 9.17) is 16.4 Å². The molecule has 4 aromatic rings. The van der Waals surface area contributed by atoms with Crippen molar-refractivity contribution in [3.05, 3.63) is 110 Å². The number of benzene rings is 3. The van der Waals surface area contributed by atoms with Gasteiger partial charge in [-0.25, -0.2) is 14.4 Å². The summed E-state index contributed by atoms with van der Waals surface area (Å²) in [4.78, 5) is 47.3. The van der Waals surface area contributed by atoms with Gasteiger partial charge >= 0.3 is 4.87 Å². The molecule has 10 heteroatoms. The Morgan fingerprint density at radius 3 is 2.03 bits per heavy atom. The fourth-order valence-corrected chi connectivity index (χ4v) is 6.14. The SMILES string of the molecule is O=C1[C@@H]2[C@H](ON(c3ccccc3)[C@H]2c2sc(=O)n(-c3ccccc3)c2Cl)C(=O)N1c1ccc(F)cc1. The zero-order valence-electron chi connectivity index (χ0n) is 18.5. The van der Waals surface area contributed by atoms with Crippen LogP contribution in [0.1, 0.15) is 10.9 Å². The van der Waals surface area contributed by atoms with Crippen LogP contribution in [0.3, 0.4) is 0 Å². The Hall–Kier alpha value is -3.79. The van der Waals surface area contributed by atoms with Crippen LogP contribution in [0.4, 0.5) is 15.8 Å². The molecule has 0 aliphatic carbocycles. The number of carbonyl (C=O) groups excluding carboxylic acids is 2. The number of rotatable bonds is 4. The van der Waals surface area contributed by atoms with Gasteiger partial charge in [0.25, 0.3) is 5.91 Å². The second-order valence-electron chi connectivity index (χ2n) is 8.34. The smallest absolute Gasteiger partial charge is 0.273 e. The van der Waals surface area contributed by atoms with Crippen molar-refractivity contribution in [3.8, 4) is 5.69 Å². The topological polar surface area (TPSA) is 71.8 Å². The number of anilines is 2. The van der Waals surface area contributed by atoms with Crippen molar-refractivity contribution in [2.24, 2.45) is 5.92 Å². The predicted octanol–water partition coefficient (Wildman–Crippen LogP) is 4.74. The zero-order valence-corrected chi connectivity index (χ0v) is 20.0. The Morgan fingerprint density at radius 1 is 0.778 bits per heavy atom. The third-order valence-electron chi connectivity index (χ3n) is 6.27. The monoisotopic (exact) mass is 521 g/mol. The van der Waals surface area contributed by atoms with E-state index in [1.807, 2.05) is 12.1 Å². The Balaban J connectivity index is 1.48. The minimum Gasteiger partial charge on any atom is -0.273 e. The molecule has 0 bridgehead atoms. The van der Waals surface area contributed by atoms with E-state index in [1.54, 1.807) is 48.5 Å². The van der Waals surface area contributed by atoms with Crippen molar-refractivity contribution >= 4 is 46.1 Å². The van der Waals surface area contributed by atoms with Gasteiger partial charge in [0.05, 0.1) is 21.9 Å². The van der Waals surface area contributed by atoms with Crippen LogP contribution < -0.4 is 14.8 Å². The number of fused-ring (bicyclic) bond motifs is 1. The van der Waals surface area contributed by atoms with Crippen LogP contribution in [0.15, 0.2) is 89.7 Å². The number of carbonyl (C=O) groups is 2. The summed E-state index contributed by atoms with van der Waals surface area (Å²) in [6, 6.07) is 22.2. The van der Waals surface area contributed by atoms with E-state index >= 15 is 0 Å². The van der Waals surface area contributed by atoms with E-state index in [0.717, 1.165) is 16.2 Å². The summed E-state index contributed by atoms with van der Waals surface area (Å²) >= 11 is 7.69. The largest absolute Gasteiger partial charge is 0.313 e. The minimum atomic E-state index is -1.13. The third-order valence-corrected chi connectivity index (χ3v) is 7.77. The maximum atomic E-state index is 13.7. The van der Waals surface area contributed by atoms with Crippen LogP contribution in [0, 0.1) is 11.7 Å². The molecule has 2 amide bonds. The summed E-state index contributed by atoms with van der Waals surface area (Å²) in [6.07, 6.45) is -1.13. The van der Waals surface area contributed by atoms with Crippen molar-refractivity contribution in [3.63, 3.8) is 0 Å². The fourth-order valence-electron chi connectivity index (χ4n) is 4.67. The number of hydrogen-bond donors (Lipinski definition) is 0. The van der Waals surface area contributed by atoms with Gasteiger partial charge in [0.15, 0.2) is 6.10 Å². The van der Waals surface area contributed by atoms with E-state index in [0.29, 0.717) is 16.3 Å². The predicted molar refractivity (Wildman–Crippen MR) is 134 cm³/mol. The highest BCUT2D eigenvalue weighted by molar-refractivity contribution is 7.10. The molecule has 0 spiro atoms. The standard InChI is InChI=1S/C26H17ClFN3O4S/c27-23-22(36-26(34)29(23)16-7-3-1-4-8-16)20-19-21(35-31(20)18-9-5-2-6-10-18)25(33)30(24(19)32)17-13-11-15(28)12-14-17/h1-14,19-21H/t19-,20+,21-/m0/s1. The lowest BCUT2D eigenvalue weighted by atomic mass is 9.95. The van der Waals surface area contributed by atoms with Crippen molar-refractivity contribution in [2.75, 3.05) is 9.96 Å². The molecule has 0 saturated carbocycles. The van der Waals surface area contributed by atoms with Gasteiger partial charge in [0, 0.05) is 0 Å². The molecule has 2 aliphatic rings. The van der Waals surface area contributed by atoms with E-state index in [1.165, 1.54) is 33.9 Å². The summed E-state index contributed by atoms with van der Waals surface area (Å²) in [6.45, 7) is 0. The molecule has 2 fully saturated rings. The first-order valence-corrected chi connectivity index (χ1v) is 12.3. The lowest BCUT2D eigenvalue weighted by molar-refractivity contribution is -0.126. The first-order chi connectivity index (χ1) is 17.5. The number of halogens is 2. The molecule has 2 aliphatic heterocycles. The Kier molecular flexibility index (Phi) is 5.48. The molecule has 3 heterocycles. The van der Waals surface area contributed by atoms with Gasteiger partial charge in [-0.3, -0.25) is 23.8 Å². The second-order valence-corrected chi connectivity index (χ2v) is 9.69. The fraction of sp³-hybridized carbons (Fsp3) is 0.115. The highest BCUT2D eigenvalue weighted by Crippen LogP contribution is 2.50. The van der Waals surface area contributed by atoms with Gasteiger partial charge in [0.2, 0.25) is 5.91 Å². The summed E-state index contributed by atoms with van der Waals surface area (Å²) in [5.41, 5.74) is 1.43. The molecule has 0 unspecified atom stereocenters. The average Bonchev–Trinajstić information content (AvgIpc) is 3.50. The summed E-state index contributed by atoms with van der Waals surface area (Å²) in [7, 11) is 0. The minimum absolute atomic E-state index is 0.145. The van der Waals surface area contributed by atoms with Crippen molar-refractivity contribution in [1.82, 2.24) is 4.57 Å². The van der Waals surface area contributed by atoms with Gasteiger partial charge in [-0.05, 0) is 48.5 Å². The number of nitrogens with zero attached hydrogens (tertiary/aromatic N) is 3. The van der Waals surface area contributed by atoms with Crippen molar-refractivity contribution in [2.45, 2.75) is 12.1 Å². The summed E-state index contributed by atoms with van der Waals surface area (Å²) in [5, 5.41) is 1.63. The number of hydrogen-bond acceptors (Lipinski definition) is 6. The number of thiazole rings is 1. The second kappa shape index (κ2) is 8.70. The zero-order chi connectivity index (χ0) is 25.0. The van der Waals surface area contributed by atoms with E-state index in [9.17, 15) is 18.8 Å². The van der Waals surface area contributed by atoms with E-state index in [2.05, 4.69) is 0 Å². The molecule has 0 N–H and O–H groups in total. The number of para-hydroxylation sites is 2. The Labute approximate surface area is 213 Å². The summed E-state index contributed by atoms with van der Waals surface area (Å²) < 4.78 is 14.9. The Morgan fingerprint density at radius 2 is 1.39 bits per heavy atom. The van der Waals surface area contributed by atoms with Crippen LogP contribution in [0.25, 0.3) is 5.69 Å². The lowest BCUT2D eigenvalue weighted by Crippen LogP contribution is -2.37. The molecule has 3 atom stereocenters. The van der Waals surface area contributed by atoms with E-state index < -0.39 is 35.7 Å².